The average Bonchev–Trinajstić information content (AvgIpc) is 2.33. The Labute approximate surface area is 108 Å². The van der Waals surface area contributed by atoms with E-state index in [1.54, 1.807) is 0 Å². The fourth-order valence-electron chi connectivity index (χ4n) is 1.18. The van der Waals surface area contributed by atoms with Crippen LogP contribution in [0.5, 0.6) is 0 Å². The number of hydrogen-bond acceptors (Lipinski definition) is 3. The largest absolute Gasteiger partial charge is 0.395 e. The Morgan fingerprint density at radius 3 is 2.72 bits per heavy atom. The maximum Gasteiger partial charge on any atom is 0.313 e. The lowest BCUT2D eigenvalue weighted by Crippen LogP contribution is -2.38. The molecular formula is C11H12ClFN2O3. The third-order valence-electron chi connectivity index (χ3n) is 2.15. The molecule has 0 saturated heterocycles. The first-order chi connectivity index (χ1) is 8.45. The van der Waals surface area contributed by atoms with Crippen LogP contribution in [0.25, 0.3) is 0 Å². The van der Waals surface area contributed by atoms with Gasteiger partial charge < -0.3 is 15.3 Å². The Hall–Kier alpha value is -1.66. The van der Waals surface area contributed by atoms with E-state index in [2.05, 4.69) is 5.32 Å². The predicted molar refractivity (Wildman–Crippen MR) is 64.8 cm³/mol. The normalized spacial score (nSPS) is 10.0. The minimum Gasteiger partial charge on any atom is -0.395 e. The van der Waals surface area contributed by atoms with Crippen LogP contribution in [0.15, 0.2) is 18.2 Å². The van der Waals surface area contributed by atoms with Crippen molar-refractivity contribution in [1.82, 2.24) is 4.90 Å². The van der Waals surface area contributed by atoms with E-state index in [-0.39, 0.29) is 23.9 Å². The van der Waals surface area contributed by atoms with E-state index >= 15 is 0 Å². The highest BCUT2D eigenvalue weighted by Crippen LogP contribution is 2.19. The Balaban J connectivity index is 2.69. The molecule has 2 N–H and O–H groups in total. The molecule has 98 valence electrons. The van der Waals surface area contributed by atoms with Gasteiger partial charge in [0, 0.05) is 19.3 Å². The number of carbonyl (C=O) groups is 2. The molecule has 0 spiro atoms. The minimum absolute atomic E-state index is 0.0520. The molecule has 5 nitrogen and oxygen atoms in total. The van der Waals surface area contributed by atoms with Gasteiger partial charge in [0.15, 0.2) is 0 Å². The molecule has 7 heteroatoms. The van der Waals surface area contributed by atoms with Crippen LogP contribution in [-0.2, 0) is 9.59 Å². The summed E-state index contributed by atoms with van der Waals surface area (Å²) in [5.74, 6) is -2.29. The van der Waals surface area contributed by atoms with Gasteiger partial charge in [0.2, 0.25) is 0 Å². The summed E-state index contributed by atoms with van der Waals surface area (Å²) in [7, 11) is 1.38. The van der Waals surface area contributed by atoms with Crippen LogP contribution in [0, 0.1) is 5.82 Å². The molecular weight excluding hydrogens is 263 g/mol. The molecule has 0 aliphatic rings. The zero-order chi connectivity index (χ0) is 13.7. The summed E-state index contributed by atoms with van der Waals surface area (Å²) in [6.07, 6.45) is 0. The van der Waals surface area contributed by atoms with E-state index in [0.29, 0.717) is 0 Å². The Kier molecular flexibility index (Phi) is 5.06. The van der Waals surface area contributed by atoms with Gasteiger partial charge in [-0.2, -0.15) is 0 Å². The lowest BCUT2D eigenvalue weighted by atomic mass is 10.3. The molecule has 0 atom stereocenters. The van der Waals surface area contributed by atoms with E-state index < -0.39 is 17.6 Å². The van der Waals surface area contributed by atoms with Crippen molar-refractivity contribution in [2.75, 3.05) is 25.5 Å². The Morgan fingerprint density at radius 1 is 1.50 bits per heavy atom. The van der Waals surface area contributed by atoms with Crippen LogP contribution >= 0.6 is 11.6 Å². The van der Waals surface area contributed by atoms with Crippen LogP contribution in [0.2, 0.25) is 5.02 Å². The van der Waals surface area contributed by atoms with Crippen molar-refractivity contribution in [1.29, 1.82) is 0 Å². The lowest BCUT2D eigenvalue weighted by molar-refractivity contribution is -0.142. The Morgan fingerprint density at radius 2 is 2.17 bits per heavy atom. The lowest BCUT2D eigenvalue weighted by Gasteiger charge is -2.15. The van der Waals surface area contributed by atoms with Crippen molar-refractivity contribution in [3.05, 3.63) is 29.0 Å². The quantitative estimate of drug-likeness (QED) is 0.804. The molecule has 0 heterocycles. The SMILES string of the molecule is CN(CCO)C(=O)C(=O)Nc1ccc(F)c(Cl)c1. The van der Waals surface area contributed by atoms with E-state index in [9.17, 15) is 14.0 Å². The molecule has 0 radical (unpaired) electrons. The molecule has 1 aromatic rings. The summed E-state index contributed by atoms with van der Waals surface area (Å²) >= 11 is 5.53. The van der Waals surface area contributed by atoms with Gasteiger partial charge >= 0.3 is 11.8 Å². The Bertz CT molecular complexity index is 468. The van der Waals surface area contributed by atoms with Crippen molar-refractivity contribution in [2.24, 2.45) is 0 Å². The number of nitrogens with zero attached hydrogens (tertiary/aromatic N) is 1. The topological polar surface area (TPSA) is 69.6 Å². The second kappa shape index (κ2) is 6.32. The smallest absolute Gasteiger partial charge is 0.313 e. The van der Waals surface area contributed by atoms with Crippen LogP contribution < -0.4 is 5.32 Å². The van der Waals surface area contributed by atoms with Crippen LogP contribution in [0.3, 0.4) is 0 Å². The van der Waals surface area contributed by atoms with Gasteiger partial charge in [-0.1, -0.05) is 11.6 Å². The molecule has 0 aliphatic heterocycles. The summed E-state index contributed by atoms with van der Waals surface area (Å²) in [6.45, 7) is -0.186. The summed E-state index contributed by atoms with van der Waals surface area (Å²) in [5, 5.41) is 10.8. The van der Waals surface area contributed by atoms with Crippen LogP contribution in [0.1, 0.15) is 0 Å². The number of rotatable bonds is 3. The van der Waals surface area contributed by atoms with Crippen LogP contribution in [0.4, 0.5) is 10.1 Å². The highest BCUT2D eigenvalue weighted by atomic mass is 35.5. The first-order valence-electron chi connectivity index (χ1n) is 5.08. The zero-order valence-electron chi connectivity index (χ0n) is 9.61. The van der Waals surface area contributed by atoms with Gasteiger partial charge in [0.25, 0.3) is 0 Å². The number of likely N-dealkylation sites (N-methyl/N-ethyl adjacent to an activating group) is 1. The number of benzene rings is 1. The standard InChI is InChI=1S/C11H12ClFN2O3/c1-15(4-5-16)11(18)10(17)14-7-2-3-9(13)8(12)6-7/h2-3,6,16H,4-5H2,1H3,(H,14,17). The summed E-state index contributed by atoms with van der Waals surface area (Å²) in [5.41, 5.74) is 0.220. The van der Waals surface area contributed by atoms with Crippen molar-refractivity contribution in [3.63, 3.8) is 0 Å². The third kappa shape index (κ3) is 3.68. The van der Waals surface area contributed by atoms with E-state index in [1.165, 1.54) is 19.2 Å². The van der Waals surface area contributed by atoms with Gasteiger partial charge in [0.1, 0.15) is 5.82 Å². The second-order valence-electron chi connectivity index (χ2n) is 3.53. The number of hydrogen-bond donors (Lipinski definition) is 2. The monoisotopic (exact) mass is 274 g/mol. The van der Waals surface area contributed by atoms with Gasteiger partial charge in [-0.3, -0.25) is 9.59 Å². The summed E-state index contributed by atoms with van der Waals surface area (Å²) in [6, 6.07) is 3.58. The highest BCUT2D eigenvalue weighted by Gasteiger charge is 2.18. The van der Waals surface area contributed by atoms with Crippen molar-refractivity contribution >= 4 is 29.1 Å². The summed E-state index contributed by atoms with van der Waals surface area (Å²) in [4.78, 5) is 24.1. The van der Waals surface area contributed by atoms with Crippen molar-refractivity contribution < 1.29 is 19.1 Å². The van der Waals surface area contributed by atoms with E-state index in [4.69, 9.17) is 16.7 Å². The molecule has 0 saturated carbocycles. The van der Waals surface area contributed by atoms with E-state index in [0.717, 1.165) is 11.0 Å². The first kappa shape index (κ1) is 14.4. The van der Waals surface area contributed by atoms with Gasteiger partial charge in [-0.05, 0) is 18.2 Å². The molecule has 1 rings (SSSR count). The number of aliphatic hydroxyl groups excluding tert-OH is 1. The average molecular weight is 275 g/mol. The highest BCUT2D eigenvalue weighted by molar-refractivity contribution is 6.39. The number of amides is 2. The second-order valence-corrected chi connectivity index (χ2v) is 3.94. The molecule has 0 aromatic heterocycles. The van der Waals surface area contributed by atoms with Gasteiger partial charge in [-0.25, -0.2) is 4.39 Å². The van der Waals surface area contributed by atoms with Gasteiger partial charge in [-0.15, -0.1) is 0 Å². The number of carbonyl (C=O) groups excluding carboxylic acids is 2. The molecule has 0 fully saturated rings. The number of halogens is 2. The maximum absolute atomic E-state index is 12.9. The van der Waals surface area contributed by atoms with Gasteiger partial charge in [0.05, 0.1) is 11.6 Å². The van der Waals surface area contributed by atoms with Crippen molar-refractivity contribution in [3.8, 4) is 0 Å². The summed E-state index contributed by atoms with van der Waals surface area (Å²) < 4.78 is 12.9. The molecule has 0 unspecified atom stereocenters. The fraction of sp³-hybridized carbons (Fsp3) is 0.273. The minimum atomic E-state index is -0.881. The number of nitrogens with one attached hydrogen (secondary N) is 1. The van der Waals surface area contributed by atoms with E-state index in [1.807, 2.05) is 0 Å². The molecule has 1 aromatic carbocycles. The first-order valence-corrected chi connectivity index (χ1v) is 5.46. The fourth-order valence-corrected chi connectivity index (χ4v) is 1.36. The van der Waals surface area contributed by atoms with Crippen LogP contribution in [-0.4, -0.2) is 42.0 Å². The molecule has 0 aliphatic carbocycles. The molecule has 0 bridgehead atoms. The van der Waals surface area contributed by atoms with Crippen molar-refractivity contribution in [2.45, 2.75) is 0 Å². The molecule has 18 heavy (non-hydrogen) atoms. The third-order valence-corrected chi connectivity index (χ3v) is 2.44. The number of aliphatic hydroxyl groups is 1. The zero-order valence-corrected chi connectivity index (χ0v) is 10.4. The maximum atomic E-state index is 12.9. The number of anilines is 1. The predicted octanol–water partition coefficient (Wildman–Crippen LogP) is 0.868. The molecule has 2 amide bonds.